The molecule has 5 atom stereocenters. The first-order valence-corrected chi connectivity index (χ1v) is 19.3. The van der Waals surface area contributed by atoms with Crippen LogP contribution in [0.2, 0.25) is 0 Å². The second-order valence-corrected chi connectivity index (χ2v) is 18.6. The minimum atomic E-state index is -3.55. The number of pyridine rings is 1. The quantitative estimate of drug-likeness (QED) is 0.234. The van der Waals surface area contributed by atoms with Crippen molar-refractivity contribution < 1.29 is 32.4 Å². The molecule has 15 heteroatoms. The van der Waals surface area contributed by atoms with Crippen LogP contribution in [0.1, 0.15) is 85.8 Å². The molecular formula is C35H55N7O7S. The van der Waals surface area contributed by atoms with E-state index in [1.165, 1.54) is 9.21 Å². The highest BCUT2D eigenvalue weighted by atomic mass is 32.2. The molecule has 0 radical (unpaired) electrons. The predicted octanol–water partition coefficient (Wildman–Crippen LogP) is 1.73. The Morgan fingerprint density at radius 3 is 2.28 bits per heavy atom. The number of hydrogen-bond acceptors (Lipinski definition) is 8. The van der Waals surface area contributed by atoms with E-state index in [4.69, 9.17) is 5.73 Å². The Bertz CT molecular complexity index is 1550. The number of nitrogens with one attached hydrogen (secondary N) is 3. The zero-order chi connectivity index (χ0) is 37.2. The van der Waals surface area contributed by atoms with Gasteiger partial charge < -0.3 is 26.6 Å². The molecule has 2 aliphatic heterocycles. The summed E-state index contributed by atoms with van der Waals surface area (Å²) < 4.78 is 26.5. The Labute approximate surface area is 296 Å². The molecule has 5 amide bonds. The molecule has 0 spiro atoms. The fourth-order valence-corrected chi connectivity index (χ4v) is 7.99. The van der Waals surface area contributed by atoms with Crippen molar-refractivity contribution in [3.05, 3.63) is 30.1 Å². The summed E-state index contributed by atoms with van der Waals surface area (Å²) in [5.41, 5.74) is 3.93. The van der Waals surface area contributed by atoms with Gasteiger partial charge in [0.2, 0.25) is 27.6 Å². The van der Waals surface area contributed by atoms with Crippen LogP contribution in [-0.2, 0) is 35.6 Å². The van der Waals surface area contributed by atoms with E-state index in [0.717, 1.165) is 19.1 Å². The highest BCUT2D eigenvalue weighted by Gasteiger charge is 2.49. The summed E-state index contributed by atoms with van der Waals surface area (Å²) in [6.45, 7) is 12.2. The third-order valence-corrected chi connectivity index (χ3v) is 11.5. The summed E-state index contributed by atoms with van der Waals surface area (Å²) in [6, 6.07) is 1.68. The largest absolute Gasteiger partial charge is 0.363 e. The van der Waals surface area contributed by atoms with E-state index in [2.05, 4.69) is 20.9 Å². The van der Waals surface area contributed by atoms with Crippen molar-refractivity contribution in [1.29, 1.82) is 0 Å². The first kappa shape index (κ1) is 39.2. The van der Waals surface area contributed by atoms with E-state index in [0.29, 0.717) is 37.9 Å². The fraction of sp³-hybridized carbons (Fsp3) is 0.714. The van der Waals surface area contributed by atoms with Crippen LogP contribution in [0.3, 0.4) is 0 Å². The number of carbonyl (C=O) groups excluding carboxylic acids is 5. The van der Waals surface area contributed by atoms with Gasteiger partial charge in [0.05, 0.1) is 17.8 Å². The molecule has 278 valence electrons. The fourth-order valence-electron chi connectivity index (χ4n) is 7.05. The van der Waals surface area contributed by atoms with E-state index < -0.39 is 68.6 Å². The molecule has 50 heavy (non-hydrogen) atoms. The van der Waals surface area contributed by atoms with Gasteiger partial charge in [-0.25, -0.2) is 13.2 Å². The first-order chi connectivity index (χ1) is 23.1. The normalized spacial score (nSPS) is 24.6. The monoisotopic (exact) mass is 717 g/mol. The van der Waals surface area contributed by atoms with Crippen molar-refractivity contribution in [3.8, 4) is 0 Å². The van der Waals surface area contributed by atoms with Crippen LogP contribution in [0.4, 0.5) is 4.79 Å². The standard InChI is InChI=1S/C35H55N7O7S/c1-33(2,3)23-18-26(30(45)38-25(17-22-12-13-22)27(43)29(36)44)42(20-23)31(46)28(34(4,5)6)39-32(47)40-35(19-24-11-8-9-15-37-24)14-10-16-41(21-35)50(7,48)49/h8-9,11,15,22-23,25-26,28H,10,12-14,16-21H2,1-7H3,(H2,36,44)(H,38,45)(H2,39,40,47)/t23-,25?,26+,28-,35?/m1/s1. The summed E-state index contributed by atoms with van der Waals surface area (Å²) in [4.78, 5) is 72.8. The Morgan fingerprint density at radius 1 is 1.06 bits per heavy atom. The molecule has 1 aromatic heterocycles. The Morgan fingerprint density at radius 2 is 1.74 bits per heavy atom. The number of nitrogens with two attached hydrogens (primary N) is 1. The van der Waals surface area contributed by atoms with Crippen molar-refractivity contribution in [2.75, 3.05) is 25.9 Å². The van der Waals surface area contributed by atoms with Crippen LogP contribution in [0.15, 0.2) is 24.4 Å². The number of urea groups is 1. The molecule has 3 fully saturated rings. The van der Waals surface area contributed by atoms with Gasteiger partial charge in [0.25, 0.3) is 5.91 Å². The van der Waals surface area contributed by atoms with Gasteiger partial charge in [-0.15, -0.1) is 0 Å². The zero-order valence-electron chi connectivity index (χ0n) is 30.5. The SMILES string of the molecule is CC(C)(C)[C@@H]1C[C@@H](C(=O)NC(CC2CC2)C(=O)C(N)=O)N(C(=O)[C@@H](NC(=O)NC2(Cc3ccccn3)CCCN(S(C)(=O)=O)C2)C(C)(C)C)C1. The molecule has 1 aromatic rings. The van der Waals surface area contributed by atoms with Crippen molar-refractivity contribution in [3.63, 3.8) is 0 Å². The number of rotatable bonds is 12. The number of piperidine rings is 1. The maximum Gasteiger partial charge on any atom is 0.315 e. The number of Topliss-reactive ketones (excluding diaryl/α,β-unsaturated/α-hetero) is 1. The van der Waals surface area contributed by atoms with Gasteiger partial charge in [-0.1, -0.05) is 60.5 Å². The van der Waals surface area contributed by atoms with E-state index in [9.17, 15) is 32.4 Å². The molecule has 1 aliphatic carbocycles. The van der Waals surface area contributed by atoms with Gasteiger partial charge in [-0.2, -0.15) is 4.31 Å². The molecule has 3 aliphatic rings. The number of aromatic nitrogens is 1. The predicted molar refractivity (Wildman–Crippen MR) is 188 cm³/mol. The van der Waals surface area contributed by atoms with E-state index >= 15 is 0 Å². The maximum absolute atomic E-state index is 14.5. The van der Waals surface area contributed by atoms with Crippen LogP contribution in [-0.4, -0.2) is 102 Å². The lowest BCUT2D eigenvalue weighted by Gasteiger charge is -2.43. The van der Waals surface area contributed by atoms with Gasteiger partial charge in [0, 0.05) is 37.9 Å². The number of hydrogen-bond donors (Lipinski definition) is 4. The second-order valence-electron chi connectivity index (χ2n) is 16.6. The number of nitrogens with zero attached hydrogens (tertiary/aromatic N) is 3. The molecular weight excluding hydrogens is 662 g/mol. The van der Waals surface area contributed by atoms with Crippen LogP contribution >= 0.6 is 0 Å². The number of sulfonamides is 1. The molecule has 0 bridgehead atoms. The molecule has 2 unspecified atom stereocenters. The van der Waals surface area contributed by atoms with Gasteiger partial charge in [-0.05, 0) is 60.5 Å². The van der Waals surface area contributed by atoms with Crippen LogP contribution in [0.25, 0.3) is 0 Å². The van der Waals surface area contributed by atoms with E-state index in [1.807, 2.05) is 53.7 Å². The number of primary amides is 1. The first-order valence-electron chi connectivity index (χ1n) is 17.5. The van der Waals surface area contributed by atoms with Gasteiger partial charge >= 0.3 is 6.03 Å². The number of ketones is 1. The number of likely N-dealkylation sites (tertiary alicyclic amines) is 1. The third kappa shape index (κ3) is 10.0. The van der Waals surface area contributed by atoms with Gasteiger partial charge in [0.1, 0.15) is 12.1 Å². The molecule has 5 N–H and O–H groups in total. The minimum absolute atomic E-state index is 0.0393. The smallest absolute Gasteiger partial charge is 0.315 e. The summed E-state index contributed by atoms with van der Waals surface area (Å²) in [6.07, 6.45) is 6.49. The summed E-state index contributed by atoms with van der Waals surface area (Å²) in [5.74, 6) is -2.84. The summed E-state index contributed by atoms with van der Waals surface area (Å²) in [7, 11) is -3.55. The molecule has 1 saturated carbocycles. The van der Waals surface area contributed by atoms with Crippen molar-refractivity contribution in [2.24, 2.45) is 28.4 Å². The van der Waals surface area contributed by atoms with Crippen molar-refractivity contribution in [1.82, 2.24) is 30.1 Å². The average molecular weight is 718 g/mol. The lowest BCUT2D eigenvalue weighted by Crippen LogP contribution is -2.65. The van der Waals surface area contributed by atoms with E-state index in [1.54, 1.807) is 12.3 Å². The van der Waals surface area contributed by atoms with Gasteiger partial charge in [0.15, 0.2) is 0 Å². The van der Waals surface area contributed by atoms with Crippen molar-refractivity contribution >= 4 is 39.6 Å². The Hall–Kier alpha value is -3.59. The Kier molecular flexibility index (Phi) is 11.7. The number of carbonyl (C=O) groups is 5. The number of amides is 5. The topological polar surface area (TPSA) is 201 Å². The molecule has 2 saturated heterocycles. The Balaban J connectivity index is 1.59. The molecule has 14 nitrogen and oxygen atoms in total. The highest BCUT2D eigenvalue weighted by molar-refractivity contribution is 7.88. The minimum Gasteiger partial charge on any atom is -0.363 e. The van der Waals surface area contributed by atoms with Crippen LogP contribution in [0.5, 0.6) is 0 Å². The molecule has 0 aromatic carbocycles. The highest BCUT2D eigenvalue weighted by Crippen LogP contribution is 2.39. The summed E-state index contributed by atoms with van der Waals surface area (Å²) in [5, 5.41) is 8.68. The van der Waals surface area contributed by atoms with Crippen LogP contribution in [0, 0.1) is 22.7 Å². The zero-order valence-corrected chi connectivity index (χ0v) is 31.3. The second kappa shape index (κ2) is 14.9. The maximum atomic E-state index is 14.5. The van der Waals surface area contributed by atoms with Crippen molar-refractivity contribution in [2.45, 2.75) is 110 Å². The lowest BCUT2D eigenvalue weighted by molar-refractivity contribution is -0.143. The van der Waals surface area contributed by atoms with E-state index in [-0.39, 0.29) is 36.8 Å². The van der Waals surface area contributed by atoms with Gasteiger partial charge in [-0.3, -0.25) is 24.2 Å². The summed E-state index contributed by atoms with van der Waals surface area (Å²) >= 11 is 0. The lowest BCUT2D eigenvalue weighted by atomic mass is 9.79. The molecule has 3 heterocycles. The average Bonchev–Trinajstić information content (AvgIpc) is 3.70. The van der Waals surface area contributed by atoms with Crippen LogP contribution < -0.4 is 21.7 Å². The molecule has 4 rings (SSSR count). The third-order valence-electron chi connectivity index (χ3n) is 10.3.